The fraction of sp³-hybridized carbons (Fsp3) is 0.412. The van der Waals surface area contributed by atoms with Crippen LogP contribution in [0.25, 0.3) is 10.9 Å². The van der Waals surface area contributed by atoms with Crippen molar-refractivity contribution in [2.75, 3.05) is 6.54 Å². The summed E-state index contributed by atoms with van der Waals surface area (Å²) in [6.07, 6.45) is 1.63. The zero-order valence-corrected chi connectivity index (χ0v) is 12.9. The van der Waals surface area contributed by atoms with E-state index in [0.29, 0.717) is 12.1 Å². The second kappa shape index (κ2) is 6.22. The number of amides is 1. The van der Waals surface area contributed by atoms with Crippen LogP contribution in [0, 0.1) is 6.92 Å². The number of nitrogens with one attached hydrogen (secondary N) is 1. The Morgan fingerprint density at radius 3 is 2.57 bits per heavy atom. The van der Waals surface area contributed by atoms with E-state index >= 15 is 0 Å². The molecule has 4 nitrogen and oxygen atoms in total. The quantitative estimate of drug-likeness (QED) is 0.887. The van der Waals surface area contributed by atoms with Crippen molar-refractivity contribution in [1.82, 2.24) is 10.3 Å². The van der Waals surface area contributed by atoms with Crippen molar-refractivity contribution in [1.29, 1.82) is 0 Å². The molecule has 0 unspecified atom stereocenters. The van der Waals surface area contributed by atoms with Gasteiger partial charge >= 0.3 is 0 Å². The Morgan fingerprint density at radius 2 is 1.95 bits per heavy atom. The van der Waals surface area contributed by atoms with Gasteiger partial charge in [-0.25, -0.2) is 0 Å². The fourth-order valence-corrected chi connectivity index (χ4v) is 2.57. The second-order valence-electron chi connectivity index (χ2n) is 5.47. The van der Waals surface area contributed by atoms with Crippen molar-refractivity contribution in [2.45, 2.75) is 39.2 Å². The van der Waals surface area contributed by atoms with Gasteiger partial charge in [-0.05, 0) is 31.9 Å². The van der Waals surface area contributed by atoms with Gasteiger partial charge in [0.25, 0.3) is 5.91 Å². The Hall–Kier alpha value is -1.94. The van der Waals surface area contributed by atoms with Gasteiger partial charge in [-0.2, -0.15) is 0 Å². The van der Waals surface area contributed by atoms with Gasteiger partial charge < -0.3 is 11.1 Å². The smallest absolute Gasteiger partial charge is 0.252 e. The van der Waals surface area contributed by atoms with E-state index in [2.05, 4.69) is 10.3 Å². The highest BCUT2D eigenvalue weighted by Gasteiger charge is 2.27. The first-order chi connectivity index (χ1) is 10.0. The Kier molecular flexibility index (Phi) is 4.58. The van der Waals surface area contributed by atoms with E-state index in [1.54, 1.807) is 0 Å². The van der Waals surface area contributed by atoms with E-state index in [0.717, 1.165) is 29.4 Å². The summed E-state index contributed by atoms with van der Waals surface area (Å²) < 4.78 is 0. The summed E-state index contributed by atoms with van der Waals surface area (Å²) in [6, 6.07) is 9.54. The first-order valence-corrected chi connectivity index (χ1v) is 7.44. The molecular weight excluding hydrogens is 262 g/mol. The maximum absolute atomic E-state index is 12.7. The molecule has 0 atom stereocenters. The average Bonchev–Trinajstić information content (AvgIpc) is 2.51. The molecule has 2 aromatic rings. The Labute approximate surface area is 125 Å². The highest BCUT2D eigenvalue weighted by molar-refractivity contribution is 6.06. The predicted molar refractivity (Wildman–Crippen MR) is 86.3 cm³/mol. The van der Waals surface area contributed by atoms with E-state index in [4.69, 9.17) is 5.73 Å². The van der Waals surface area contributed by atoms with Crippen LogP contribution in [0.5, 0.6) is 0 Å². The number of hydrogen-bond acceptors (Lipinski definition) is 3. The number of fused-ring (bicyclic) bond motifs is 1. The van der Waals surface area contributed by atoms with Gasteiger partial charge in [0, 0.05) is 17.6 Å². The summed E-state index contributed by atoms with van der Waals surface area (Å²) >= 11 is 0. The molecule has 0 saturated heterocycles. The zero-order valence-electron chi connectivity index (χ0n) is 12.9. The van der Waals surface area contributed by atoms with E-state index in [1.165, 1.54) is 0 Å². The van der Waals surface area contributed by atoms with E-state index in [1.807, 2.05) is 51.1 Å². The van der Waals surface area contributed by atoms with Crippen LogP contribution in [0.2, 0.25) is 0 Å². The van der Waals surface area contributed by atoms with Crippen molar-refractivity contribution < 1.29 is 4.79 Å². The number of carbonyl (C=O) groups excluding carboxylic acids is 1. The molecule has 1 aromatic carbocycles. The standard InChI is InChI=1S/C17H23N3O/c1-4-17(5-2,11-18)20-16(21)14-10-12(3)19-15-9-7-6-8-13(14)15/h6-10H,4-5,11,18H2,1-3H3,(H,20,21). The van der Waals surface area contributed by atoms with Crippen LogP contribution < -0.4 is 11.1 Å². The number of aryl methyl sites for hydroxylation is 1. The molecule has 3 N–H and O–H groups in total. The van der Waals surface area contributed by atoms with Crippen molar-refractivity contribution in [2.24, 2.45) is 5.73 Å². The molecule has 2 rings (SSSR count). The third-order valence-corrected chi connectivity index (χ3v) is 4.21. The normalized spacial score (nSPS) is 11.6. The van der Waals surface area contributed by atoms with Gasteiger partial charge in [0.2, 0.25) is 0 Å². The largest absolute Gasteiger partial charge is 0.345 e. The number of aromatic nitrogens is 1. The molecule has 1 heterocycles. The Morgan fingerprint density at radius 1 is 1.29 bits per heavy atom. The molecular formula is C17H23N3O. The van der Waals surface area contributed by atoms with Crippen LogP contribution in [0.4, 0.5) is 0 Å². The van der Waals surface area contributed by atoms with Crippen LogP contribution in [0.1, 0.15) is 42.7 Å². The van der Waals surface area contributed by atoms with Crippen molar-refractivity contribution in [3.8, 4) is 0 Å². The van der Waals surface area contributed by atoms with E-state index in [9.17, 15) is 4.79 Å². The molecule has 0 bridgehead atoms. The Bertz CT molecular complexity index is 639. The lowest BCUT2D eigenvalue weighted by Gasteiger charge is -2.31. The average molecular weight is 285 g/mol. The topological polar surface area (TPSA) is 68.0 Å². The third kappa shape index (κ3) is 3.05. The molecule has 0 radical (unpaired) electrons. The molecule has 0 fully saturated rings. The van der Waals surface area contributed by atoms with Crippen LogP contribution in [0.15, 0.2) is 30.3 Å². The molecule has 21 heavy (non-hydrogen) atoms. The molecule has 1 amide bonds. The molecule has 0 spiro atoms. The fourth-order valence-electron chi connectivity index (χ4n) is 2.57. The van der Waals surface area contributed by atoms with Crippen LogP contribution >= 0.6 is 0 Å². The lowest BCUT2D eigenvalue weighted by Crippen LogP contribution is -2.52. The molecule has 1 aromatic heterocycles. The number of carbonyl (C=O) groups is 1. The summed E-state index contributed by atoms with van der Waals surface area (Å²) in [4.78, 5) is 17.2. The lowest BCUT2D eigenvalue weighted by molar-refractivity contribution is 0.0897. The molecule has 4 heteroatoms. The van der Waals surface area contributed by atoms with Gasteiger partial charge in [-0.15, -0.1) is 0 Å². The molecule has 0 aliphatic carbocycles. The maximum atomic E-state index is 12.7. The maximum Gasteiger partial charge on any atom is 0.252 e. The Balaban J connectivity index is 2.44. The summed E-state index contributed by atoms with van der Waals surface area (Å²) in [7, 11) is 0. The summed E-state index contributed by atoms with van der Waals surface area (Å²) in [5.41, 5.74) is 7.88. The predicted octanol–water partition coefficient (Wildman–Crippen LogP) is 2.79. The summed E-state index contributed by atoms with van der Waals surface area (Å²) in [5, 5.41) is 4.00. The van der Waals surface area contributed by atoms with Gasteiger partial charge in [0.1, 0.15) is 0 Å². The molecule has 0 saturated carbocycles. The van der Waals surface area contributed by atoms with E-state index < -0.39 is 0 Å². The van der Waals surface area contributed by atoms with Crippen LogP contribution in [0.3, 0.4) is 0 Å². The number of pyridine rings is 1. The molecule has 0 aliphatic rings. The molecule has 112 valence electrons. The lowest BCUT2D eigenvalue weighted by atomic mass is 9.92. The minimum absolute atomic E-state index is 0.0779. The minimum Gasteiger partial charge on any atom is -0.345 e. The van der Waals surface area contributed by atoms with E-state index in [-0.39, 0.29) is 11.4 Å². The van der Waals surface area contributed by atoms with Crippen LogP contribution in [-0.2, 0) is 0 Å². The SMILES string of the molecule is CCC(CC)(CN)NC(=O)c1cc(C)nc2ccccc12. The third-order valence-electron chi connectivity index (χ3n) is 4.21. The zero-order chi connectivity index (χ0) is 15.5. The van der Waals surface area contributed by atoms with Crippen LogP contribution in [-0.4, -0.2) is 23.0 Å². The number of benzene rings is 1. The molecule has 0 aliphatic heterocycles. The minimum atomic E-state index is -0.338. The van der Waals surface area contributed by atoms with Gasteiger partial charge in [-0.1, -0.05) is 32.0 Å². The van der Waals surface area contributed by atoms with Gasteiger partial charge in [0.05, 0.1) is 16.6 Å². The first-order valence-electron chi connectivity index (χ1n) is 7.44. The number of nitrogens with zero attached hydrogens (tertiary/aromatic N) is 1. The number of para-hydroxylation sites is 1. The number of rotatable bonds is 5. The van der Waals surface area contributed by atoms with Crippen molar-refractivity contribution in [3.05, 3.63) is 41.6 Å². The van der Waals surface area contributed by atoms with Crippen molar-refractivity contribution in [3.63, 3.8) is 0 Å². The number of nitrogens with two attached hydrogens (primary N) is 1. The highest BCUT2D eigenvalue weighted by Crippen LogP contribution is 2.20. The first kappa shape index (κ1) is 15.4. The highest BCUT2D eigenvalue weighted by atomic mass is 16.1. The summed E-state index contributed by atoms with van der Waals surface area (Å²) in [5.74, 6) is -0.0779. The summed E-state index contributed by atoms with van der Waals surface area (Å²) in [6.45, 7) is 6.44. The van der Waals surface area contributed by atoms with Gasteiger partial charge in [-0.3, -0.25) is 9.78 Å². The number of hydrogen-bond donors (Lipinski definition) is 2. The van der Waals surface area contributed by atoms with Gasteiger partial charge in [0.15, 0.2) is 0 Å². The second-order valence-corrected chi connectivity index (χ2v) is 5.47. The van der Waals surface area contributed by atoms with Crippen molar-refractivity contribution >= 4 is 16.8 Å². The monoisotopic (exact) mass is 285 g/mol.